The Hall–Kier alpha value is -0.850. The monoisotopic (exact) mass is 367 g/mol. The molecular formula is C20H41N5O. The highest BCUT2D eigenvalue weighted by molar-refractivity contribution is 5.79. The van der Waals surface area contributed by atoms with E-state index < -0.39 is 0 Å². The first-order valence-corrected chi connectivity index (χ1v) is 10.6. The first kappa shape index (κ1) is 21.5. The predicted octanol–water partition coefficient (Wildman–Crippen LogP) is 1.77. The largest absolute Gasteiger partial charge is 0.379 e. The SMILES string of the molecule is CN=C(NCCN1CCCCC1C)NCC(CC(C)C)N1CCOCC1. The molecule has 2 rings (SSSR count). The van der Waals surface area contributed by atoms with Crippen molar-refractivity contribution in [2.75, 3.05) is 59.5 Å². The van der Waals surface area contributed by atoms with E-state index in [2.05, 4.69) is 46.2 Å². The summed E-state index contributed by atoms with van der Waals surface area (Å²) in [6.45, 7) is 15.0. The highest BCUT2D eigenvalue weighted by atomic mass is 16.5. The van der Waals surface area contributed by atoms with Crippen molar-refractivity contribution in [1.82, 2.24) is 20.4 Å². The summed E-state index contributed by atoms with van der Waals surface area (Å²) in [7, 11) is 1.87. The fraction of sp³-hybridized carbons (Fsp3) is 0.950. The number of likely N-dealkylation sites (tertiary alicyclic amines) is 1. The summed E-state index contributed by atoms with van der Waals surface area (Å²) in [4.78, 5) is 9.58. The first-order valence-electron chi connectivity index (χ1n) is 10.6. The molecule has 0 aromatic heterocycles. The Kier molecular flexibility index (Phi) is 9.72. The zero-order valence-electron chi connectivity index (χ0n) is 17.5. The Morgan fingerprint density at radius 3 is 2.58 bits per heavy atom. The van der Waals surface area contributed by atoms with Gasteiger partial charge in [0.2, 0.25) is 0 Å². The van der Waals surface area contributed by atoms with Crippen molar-refractivity contribution in [3.05, 3.63) is 0 Å². The summed E-state index contributed by atoms with van der Waals surface area (Å²) in [5.74, 6) is 1.62. The average molecular weight is 368 g/mol. The van der Waals surface area contributed by atoms with Crippen LogP contribution in [0.2, 0.25) is 0 Å². The van der Waals surface area contributed by atoms with Crippen LogP contribution >= 0.6 is 0 Å². The van der Waals surface area contributed by atoms with Crippen molar-refractivity contribution in [3.8, 4) is 0 Å². The van der Waals surface area contributed by atoms with Crippen LogP contribution in [0.4, 0.5) is 0 Å². The fourth-order valence-electron chi connectivity index (χ4n) is 4.09. The van der Waals surface area contributed by atoms with Crippen molar-refractivity contribution >= 4 is 5.96 Å². The van der Waals surface area contributed by atoms with Crippen molar-refractivity contribution in [3.63, 3.8) is 0 Å². The standard InChI is InChI=1S/C20H41N5O/c1-17(2)15-19(25-11-13-26-14-12-25)16-23-20(21-4)22-8-10-24-9-6-5-7-18(24)3/h17-19H,5-16H2,1-4H3,(H2,21,22,23). The summed E-state index contributed by atoms with van der Waals surface area (Å²) in [5.41, 5.74) is 0. The number of guanidine groups is 1. The Bertz CT molecular complexity index is 409. The predicted molar refractivity (Wildman–Crippen MR) is 110 cm³/mol. The molecule has 2 unspecified atom stereocenters. The van der Waals surface area contributed by atoms with Crippen molar-refractivity contribution in [2.24, 2.45) is 10.9 Å². The zero-order chi connectivity index (χ0) is 18.8. The lowest BCUT2D eigenvalue weighted by atomic mass is 10.0. The second-order valence-corrected chi connectivity index (χ2v) is 8.19. The van der Waals surface area contributed by atoms with Gasteiger partial charge in [-0.3, -0.25) is 14.8 Å². The minimum atomic E-state index is 0.541. The molecule has 0 spiro atoms. The number of aliphatic imine (C=N–C) groups is 1. The van der Waals surface area contributed by atoms with Crippen LogP contribution in [0.15, 0.2) is 4.99 Å². The van der Waals surface area contributed by atoms with E-state index in [1.54, 1.807) is 0 Å². The summed E-state index contributed by atoms with van der Waals surface area (Å²) < 4.78 is 5.52. The number of nitrogens with zero attached hydrogens (tertiary/aromatic N) is 3. The van der Waals surface area contributed by atoms with Crippen LogP contribution in [-0.2, 0) is 4.74 Å². The molecule has 2 saturated heterocycles. The maximum atomic E-state index is 5.52. The van der Waals surface area contributed by atoms with Crippen LogP contribution in [0.3, 0.4) is 0 Å². The number of ether oxygens (including phenoxy) is 1. The van der Waals surface area contributed by atoms with Crippen LogP contribution in [-0.4, -0.2) is 87.4 Å². The number of hydrogen-bond acceptors (Lipinski definition) is 4. The van der Waals surface area contributed by atoms with E-state index in [9.17, 15) is 0 Å². The molecule has 0 radical (unpaired) electrons. The molecule has 2 N–H and O–H groups in total. The highest BCUT2D eigenvalue weighted by Crippen LogP contribution is 2.15. The quantitative estimate of drug-likeness (QED) is 0.506. The Labute approximate surface area is 160 Å². The number of rotatable bonds is 8. The topological polar surface area (TPSA) is 52.1 Å². The van der Waals surface area contributed by atoms with E-state index in [4.69, 9.17) is 4.74 Å². The molecule has 0 saturated carbocycles. The van der Waals surface area contributed by atoms with Gasteiger partial charge in [-0.05, 0) is 38.6 Å². The molecule has 6 nitrogen and oxygen atoms in total. The van der Waals surface area contributed by atoms with Crippen LogP contribution in [0.1, 0.15) is 46.5 Å². The van der Waals surface area contributed by atoms with Gasteiger partial charge in [0.05, 0.1) is 13.2 Å². The third-order valence-corrected chi connectivity index (χ3v) is 5.67. The first-order chi connectivity index (χ1) is 12.6. The van der Waals surface area contributed by atoms with Crippen molar-refractivity contribution < 1.29 is 4.74 Å². The summed E-state index contributed by atoms with van der Waals surface area (Å²) in [6.07, 6.45) is 5.26. The lowest BCUT2D eigenvalue weighted by Crippen LogP contribution is -2.51. The van der Waals surface area contributed by atoms with E-state index in [0.29, 0.717) is 12.0 Å². The van der Waals surface area contributed by atoms with Gasteiger partial charge >= 0.3 is 0 Å². The minimum Gasteiger partial charge on any atom is -0.379 e. The molecular weight excluding hydrogens is 326 g/mol. The summed E-state index contributed by atoms with van der Waals surface area (Å²) in [5, 5.41) is 7.06. The van der Waals surface area contributed by atoms with Gasteiger partial charge in [-0.25, -0.2) is 0 Å². The lowest BCUT2D eigenvalue weighted by Gasteiger charge is -2.36. The van der Waals surface area contributed by atoms with E-state index in [1.165, 1.54) is 32.2 Å². The molecule has 0 aromatic carbocycles. The molecule has 26 heavy (non-hydrogen) atoms. The van der Waals surface area contributed by atoms with E-state index >= 15 is 0 Å². The molecule has 152 valence electrons. The summed E-state index contributed by atoms with van der Waals surface area (Å²) >= 11 is 0. The van der Waals surface area contributed by atoms with Gasteiger partial charge in [0.25, 0.3) is 0 Å². The van der Waals surface area contributed by atoms with Crippen LogP contribution in [0.25, 0.3) is 0 Å². The molecule has 6 heteroatoms. The van der Waals surface area contributed by atoms with Crippen LogP contribution in [0, 0.1) is 5.92 Å². The number of hydrogen-bond donors (Lipinski definition) is 2. The third kappa shape index (κ3) is 7.41. The molecule has 0 bridgehead atoms. The Morgan fingerprint density at radius 2 is 1.92 bits per heavy atom. The number of piperidine rings is 1. The van der Waals surface area contributed by atoms with Gasteiger partial charge in [0.15, 0.2) is 5.96 Å². The molecule has 2 aliphatic heterocycles. The van der Waals surface area contributed by atoms with E-state index in [-0.39, 0.29) is 0 Å². The highest BCUT2D eigenvalue weighted by Gasteiger charge is 2.22. The van der Waals surface area contributed by atoms with E-state index in [0.717, 1.165) is 57.9 Å². The van der Waals surface area contributed by atoms with Gasteiger partial charge in [0, 0.05) is 51.9 Å². The summed E-state index contributed by atoms with van der Waals surface area (Å²) in [6, 6.07) is 1.26. The molecule has 2 heterocycles. The molecule has 0 aliphatic carbocycles. The minimum absolute atomic E-state index is 0.541. The molecule has 2 fully saturated rings. The Balaban J connectivity index is 1.74. The molecule has 0 aromatic rings. The van der Waals surface area contributed by atoms with Gasteiger partial charge < -0.3 is 15.4 Å². The van der Waals surface area contributed by atoms with Crippen molar-refractivity contribution in [1.29, 1.82) is 0 Å². The van der Waals surface area contributed by atoms with E-state index in [1.807, 2.05) is 7.05 Å². The molecule has 2 atom stereocenters. The van der Waals surface area contributed by atoms with Gasteiger partial charge in [-0.15, -0.1) is 0 Å². The molecule has 0 amide bonds. The van der Waals surface area contributed by atoms with Crippen molar-refractivity contribution in [2.45, 2.75) is 58.5 Å². The second-order valence-electron chi connectivity index (χ2n) is 8.19. The zero-order valence-corrected chi connectivity index (χ0v) is 17.5. The number of morpholine rings is 1. The van der Waals surface area contributed by atoms with Gasteiger partial charge in [-0.2, -0.15) is 0 Å². The third-order valence-electron chi connectivity index (χ3n) is 5.67. The van der Waals surface area contributed by atoms with Gasteiger partial charge in [-0.1, -0.05) is 20.3 Å². The second kappa shape index (κ2) is 11.8. The normalized spacial score (nSPS) is 24.7. The maximum Gasteiger partial charge on any atom is 0.191 e. The maximum absolute atomic E-state index is 5.52. The smallest absolute Gasteiger partial charge is 0.191 e. The van der Waals surface area contributed by atoms with Crippen LogP contribution < -0.4 is 10.6 Å². The fourth-order valence-corrected chi connectivity index (χ4v) is 4.09. The van der Waals surface area contributed by atoms with Crippen LogP contribution in [0.5, 0.6) is 0 Å². The Morgan fingerprint density at radius 1 is 1.15 bits per heavy atom. The van der Waals surface area contributed by atoms with Gasteiger partial charge in [0.1, 0.15) is 0 Å². The average Bonchev–Trinajstić information content (AvgIpc) is 2.65. The lowest BCUT2D eigenvalue weighted by molar-refractivity contribution is 0.0132. The molecule has 2 aliphatic rings. The number of nitrogens with one attached hydrogen (secondary N) is 2.